The van der Waals surface area contributed by atoms with Crippen LogP contribution in [0.4, 0.5) is 4.39 Å². The van der Waals surface area contributed by atoms with Gasteiger partial charge in [0.2, 0.25) is 10.0 Å². The summed E-state index contributed by atoms with van der Waals surface area (Å²) in [6.45, 7) is 1.31. The van der Waals surface area contributed by atoms with Crippen LogP contribution in [0.1, 0.15) is 5.56 Å². The fourth-order valence-electron chi connectivity index (χ4n) is 1.28. The van der Waals surface area contributed by atoms with Gasteiger partial charge in [0.05, 0.1) is 11.5 Å². The quantitative estimate of drug-likeness (QED) is 0.854. The summed E-state index contributed by atoms with van der Waals surface area (Å²) in [6, 6.07) is 3.61. The zero-order chi connectivity index (χ0) is 12.3. The molecule has 90 valence electrons. The molecule has 0 heterocycles. The highest BCUT2D eigenvalue weighted by molar-refractivity contribution is 7.89. The molecular weight excluding hydrogens is 233 g/mol. The van der Waals surface area contributed by atoms with Crippen molar-refractivity contribution in [3.8, 4) is 0 Å². The molecule has 1 N–H and O–H groups in total. The van der Waals surface area contributed by atoms with Gasteiger partial charge in [0.1, 0.15) is 5.82 Å². The zero-order valence-corrected chi connectivity index (χ0v) is 9.96. The smallest absolute Gasteiger partial charge is 0.243 e. The van der Waals surface area contributed by atoms with Crippen LogP contribution in [0.5, 0.6) is 0 Å². The monoisotopic (exact) mass is 247 g/mol. The third-order valence-electron chi connectivity index (χ3n) is 2.25. The highest BCUT2D eigenvalue weighted by Gasteiger charge is 2.22. The summed E-state index contributed by atoms with van der Waals surface area (Å²) in [5.74, 6) is -0.596. The fraction of sp³-hybridized carbons (Fsp3) is 0.400. The van der Waals surface area contributed by atoms with E-state index >= 15 is 0 Å². The lowest BCUT2D eigenvalue weighted by Crippen LogP contribution is -2.30. The molecule has 0 aliphatic carbocycles. The van der Waals surface area contributed by atoms with Crippen molar-refractivity contribution in [2.45, 2.75) is 11.8 Å². The summed E-state index contributed by atoms with van der Waals surface area (Å²) in [5, 5.41) is 8.69. The van der Waals surface area contributed by atoms with Crippen molar-refractivity contribution in [2.24, 2.45) is 0 Å². The molecule has 0 saturated heterocycles. The van der Waals surface area contributed by atoms with Gasteiger partial charge in [-0.1, -0.05) is 6.07 Å². The summed E-state index contributed by atoms with van der Waals surface area (Å²) in [6.07, 6.45) is 0. The number of hydrogen-bond acceptors (Lipinski definition) is 3. The Balaban J connectivity index is 3.21. The molecule has 0 aliphatic rings. The van der Waals surface area contributed by atoms with Gasteiger partial charge in [-0.3, -0.25) is 0 Å². The van der Waals surface area contributed by atoms with Crippen LogP contribution < -0.4 is 0 Å². The molecule has 0 aromatic heterocycles. The van der Waals surface area contributed by atoms with E-state index in [1.807, 2.05) is 0 Å². The molecule has 0 spiro atoms. The number of likely N-dealkylation sites (N-methyl/N-ethyl adjacent to an activating group) is 1. The van der Waals surface area contributed by atoms with E-state index in [0.29, 0.717) is 5.56 Å². The van der Waals surface area contributed by atoms with Gasteiger partial charge in [-0.05, 0) is 24.6 Å². The van der Waals surface area contributed by atoms with Crippen LogP contribution in [0.25, 0.3) is 0 Å². The van der Waals surface area contributed by atoms with Gasteiger partial charge < -0.3 is 5.11 Å². The number of aliphatic hydroxyl groups is 1. The second-order valence-corrected chi connectivity index (χ2v) is 5.47. The van der Waals surface area contributed by atoms with Crippen LogP contribution in [0.2, 0.25) is 0 Å². The Bertz CT molecular complexity index is 473. The Hall–Kier alpha value is -0.980. The van der Waals surface area contributed by atoms with E-state index in [2.05, 4.69) is 0 Å². The van der Waals surface area contributed by atoms with Gasteiger partial charge >= 0.3 is 0 Å². The fourth-order valence-corrected chi connectivity index (χ4v) is 2.67. The first kappa shape index (κ1) is 13.1. The molecule has 0 fully saturated rings. The lowest BCUT2D eigenvalue weighted by atomic mass is 10.2. The topological polar surface area (TPSA) is 57.6 Å². The lowest BCUT2D eigenvalue weighted by Gasteiger charge is -2.17. The molecule has 0 atom stereocenters. The van der Waals surface area contributed by atoms with Gasteiger partial charge in [-0.2, -0.15) is 4.31 Å². The molecule has 0 amide bonds. The van der Waals surface area contributed by atoms with Crippen molar-refractivity contribution in [3.05, 3.63) is 29.6 Å². The third kappa shape index (κ3) is 2.58. The SMILES string of the molecule is Cc1ccc(F)cc1S(=O)(=O)N(C)CCO. The summed E-state index contributed by atoms with van der Waals surface area (Å²) in [5.41, 5.74) is 0.478. The first-order valence-electron chi connectivity index (χ1n) is 4.73. The standard InChI is InChI=1S/C10H14FNO3S/c1-8-3-4-9(11)7-10(8)16(14,15)12(2)5-6-13/h3-4,7,13H,5-6H2,1-2H3. The largest absolute Gasteiger partial charge is 0.395 e. The molecule has 1 rings (SSSR count). The minimum Gasteiger partial charge on any atom is -0.395 e. The Morgan fingerprint density at radius 3 is 2.62 bits per heavy atom. The van der Waals surface area contributed by atoms with Crippen LogP contribution in [0, 0.1) is 12.7 Å². The van der Waals surface area contributed by atoms with E-state index in [1.54, 1.807) is 6.92 Å². The van der Waals surface area contributed by atoms with E-state index in [-0.39, 0.29) is 18.0 Å². The highest BCUT2D eigenvalue weighted by Crippen LogP contribution is 2.19. The number of benzene rings is 1. The molecule has 4 nitrogen and oxygen atoms in total. The Morgan fingerprint density at radius 1 is 1.44 bits per heavy atom. The molecule has 0 unspecified atom stereocenters. The van der Waals surface area contributed by atoms with Crippen molar-refractivity contribution in [2.75, 3.05) is 20.2 Å². The number of aryl methyl sites for hydroxylation is 1. The molecule has 1 aromatic carbocycles. The molecule has 6 heteroatoms. The first-order chi connectivity index (χ1) is 7.39. The number of hydrogen-bond donors (Lipinski definition) is 1. The second kappa shape index (κ2) is 4.90. The van der Waals surface area contributed by atoms with Gasteiger partial charge in [-0.15, -0.1) is 0 Å². The maximum atomic E-state index is 13.0. The van der Waals surface area contributed by atoms with Crippen LogP contribution in [0.3, 0.4) is 0 Å². The maximum absolute atomic E-state index is 13.0. The lowest BCUT2D eigenvalue weighted by molar-refractivity contribution is 0.266. The zero-order valence-electron chi connectivity index (χ0n) is 9.14. The predicted molar refractivity (Wildman–Crippen MR) is 58.0 cm³/mol. The minimum absolute atomic E-state index is 0.0156. The normalized spacial score (nSPS) is 12.1. The van der Waals surface area contributed by atoms with Gasteiger partial charge in [0.15, 0.2) is 0 Å². The number of rotatable bonds is 4. The molecule has 0 bridgehead atoms. The van der Waals surface area contributed by atoms with E-state index < -0.39 is 15.8 Å². The summed E-state index contributed by atoms with van der Waals surface area (Å²) < 4.78 is 37.9. The average molecular weight is 247 g/mol. The average Bonchev–Trinajstić information content (AvgIpc) is 2.22. The van der Waals surface area contributed by atoms with Crippen molar-refractivity contribution < 1.29 is 17.9 Å². The predicted octanol–water partition coefficient (Wildman–Crippen LogP) is 0.747. The Labute approximate surface area is 94.4 Å². The Kier molecular flexibility index (Phi) is 4.01. The second-order valence-electron chi connectivity index (χ2n) is 3.46. The summed E-state index contributed by atoms with van der Waals surface area (Å²) >= 11 is 0. The molecule has 16 heavy (non-hydrogen) atoms. The highest BCUT2D eigenvalue weighted by atomic mass is 32.2. The van der Waals surface area contributed by atoms with Crippen LogP contribution in [-0.4, -0.2) is 38.0 Å². The van der Waals surface area contributed by atoms with Crippen molar-refractivity contribution in [1.29, 1.82) is 0 Å². The van der Waals surface area contributed by atoms with Crippen LogP contribution in [0.15, 0.2) is 23.1 Å². The number of aliphatic hydroxyl groups excluding tert-OH is 1. The van der Waals surface area contributed by atoms with Crippen molar-refractivity contribution >= 4 is 10.0 Å². The molecule has 1 aromatic rings. The molecular formula is C10H14FNO3S. The minimum atomic E-state index is -3.72. The van der Waals surface area contributed by atoms with Gasteiger partial charge in [0, 0.05) is 13.6 Å². The van der Waals surface area contributed by atoms with E-state index in [1.165, 1.54) is 19.2 Å². The number of sulfonamides is 1. The van der Waals surface area contributed by atoms with Crippen LogP contribution >= 0.6 is 0 Å². The molecule has 0 aliphatic heterocycles. The van der Waals surface area contributed by atoms with Crippen molar-refractivity contribution in [3.63, 3.8) is 0 Å². The number of halogens is 1. The first-order valence-corrected chi connectivity index (χ1v) is 6.17. The third-order valence-corrected chi connectivity index (χ3v) is 4.25. The Morgan fingerprint density at radius 2 is 2.06 bits per heavy atom. The maximum Gasteiger partial charge on any atom is 0.243 e. The number of nitrogens with zero attached hydrogens (tertiary/aromatic N) is 1. The molecule has 0 radical (unpaired) electrons. The van der Waals surface area contributed by atoms with E-state index in [4.69, 9.17) is 5.11 Å². The molecule has 0 saturated carbocycles. The van der Waals surface area contributed by atoms with Gasteiger partial charge in [-0.25, -0.2) is 12.8 Å². The summed E-state index contributed by atoms with van der Waals surface area (Å²) in [7, 11) is -2.38. The summed E-state index contributed by atoms with van der Waals surface area (Å²) in [4.78, 5) is -0.0662. The van der Waals surface area contributed by atoms with E-state index in [9.17, 15) is 12.8 Å². The van der Waals surface area contributed by atoms with Gasteiger partial charge in [0.25, 0.3) is 0 Å². The van der Waals surface area contributed by atoms with E-state index in [0.717, 1.165) is 10.4 Å². The van der Waals surface area contributed by atoms with Crippen LogP contribution in [-0.2, 0) is 10.0 Å². The van der Waals surface area contributed by atoms with Crippen molar-refractivity contribution in [1.82, 2.24) is 4.31 Å².